The molecular formula is C15H14S. The summed E-state index contributed by atoms with van der Waals surface area (Å²) in [5, 5.41) is 0. The number of hydrogen-bond donors (Lipinski definition) is 0. The summed E-state index contributed by atoms with van der Waals surface area (Å²) in [6.45, 7) is 2.20. The highest BCUT2D eigenvalue weighted by atomic mass is 32.2. The zero-order chi connectivity index (χ0) is 11.0. The van der Waals surface area contributed by atoms with Crippen molar-refractivity contribution < 1.29 is 0 Å². The van der Waals surface area contributed by atoms with Crippen LogP contribution in [0.2, 0.25) is 0 Å². The van der Waals surface area contributed by atoms with Gasteiger partial charge in [-0.2, -0.15) is 0 Å². The van der Waals surface area contributed by atoms with Crippen LogP contribution in [0.25, 0.3) is 11.1 Å². The van der Waals surface area contributed by atoms with E-state index in [4.69, 9.17) is 0 Å². The van der Waals surface area contributed by atoms with Crippen molar-refractivity contribution in [1.82, 2.24) is 0 Å². The standard InChI is InChI=1S/C15H14S/c1-2-16-13-7-8-15-12(10-13)9-11-5-3-4-6-14(11)15/h3-8,10H,2,9H2,1H3. The Morgan fingerprint density at radius 2 is 1.81 bits per heavy atom. The van der Waals surface area contributed by atoms with Crippen LogP contribution < -0.4 is 0 Å². The molecule has 0 unspecified atom stereocenters. The molecule has 1 aliphatic rings. The molecule has 0 aliphatic heterocycles. The van der Waals surface area contributed by atoms with Gasteiger partial charge in [-0.25, -0.2) is 0 Å². The summed E-state index contributed by atoms with van der Waals surface area (Å²) >= 11 is 1.92. The lowest BCUT2D eigenvalue weighted by molar-refractivity contribution is 1.24. The predicted octanol–water partition coefficient (Wildman–Crippen LogP) is 4.37. The molecule has 16 heavy (non-hydrogen) atoms. The average Bonchev–Trinajstić information content (AvgIpc) is 2.67. The van der Waals surface area contributed by atoms with Crippen LogP contribution in [0.4, 0.5) is 0 Å². The van der Waals surface area contributed by atoms with Gasteiger partial charge in [-0.1, -0.05) is 37.3 Å². The van der Waals surface area contributed by atoms with Gasteiger partial charge >= 0.3 is 0 Å². The van der Waals surface area contributed by atoms with Crippen LogP contribution in [0.1, 0.15) is 18.1 Å². The molecule has 0 atom stereocenters. The Morgan fingerprint density at radius 1 is 1.00 bits per heavy atom. The van der Waals surface area contributed by atoms with Crippen molar-refractivity contribution in [1.29, 1.82) is 0 Å². The van der Waals surface area contributed by atoms with Crippen LogP contribution in [-0.4, -0.2) is 5.75 Å². The molecule has 0 fully saturated rings. The van der Waals surface area contributed by atoms with Crippen LogP contribution in [-0.2, 0) is 6.42 Å². The lowest BCUT2D eigenvalue weighted by Crippen LogP contribution is -1.81. The number of hydrogen-bond acceptors (Lipinski definition) is 1. The summed E-state index contributed by atoms with van der Waals surface area (Å²) < 4.78 is 0. The van der Waals surface area contributed by atoms with Gasteiger partial charge in [0.05, 0.1) is 0 Å². The van der Waals surface area contributed by atoms with Crippen LogP contribution in [0.3, 0.4) is 0 Å². The van der Waals surface area contributed by atoms with Gasteiger partial charge < -0.3 is 0 Å². The number of fused-ring (bicyclic) bond motifs is 3. The van der Waals surface area contributed by atoms with Gasteiger partial charge in [0.15, 0.2) is 0 Å². The fraction of sp³-hybridized carbons (Fsp3) is 0.200. The molecule has 0 radical (unpaired) electrons. The summed E-state index contributed by atoms with van der Waals surface area (Å²) in [5.74, 6) is 1.14. The zero-order valence-electron chi connectivity index (χ0n) is 9.36. The molecule has 0 saturated heterocycles. The van der Waals surface area contributed by atoms with Crippen molar-refractivity contribution >= 4 is 11.8 Å². The van der Waals surface area contributed by atoms with Gasteiger partial charge in [0.1, 0.15) is 0 Å². The molecule has 0 amide bonds. The van der Waals surface area contributed by atoms with Crippen molar-refractivity contribution in [2.24, 2.45) is 0 Å². The Bertz CT molecular complexity index is 529. The molecule has 1 heteroatoms. The fourth-order valence-electron chi connectivity index (χ4n) is 2.38. The number of rotatable bonds is 2. The molecule has 2 aromatic rings. The van der Waals surface area contributed by atoms with Gasteiger partial charge in [0, 0.05) is 4.90 Å². The van der Waals surface area contributed by atoms with E-state index in [9.17, 15) is 0 Å². The second kappa shape index (κ2) is 3.99. The maximum Gasteiger partial charge on any atom is 0.00751 e. The highest BCUT2D eigenvalue weighted by Crippen LogP contribution is 2.38. The SMILES string of the molecule is CCSc1ccc2c(c1)Cc1ccccc1-2. The van der Waals surface area contributed by atoms with Gasteiger partial charge in [-0.15, -0.1) is 11.8 Å². The smallest absolute Gasteiger partial charge is 0.00751 e. The molecule has 0 aromatic heterocycles. The Hall–Kier alpha value is -1.21. The fourth-order valence-corrected chi connectivity index (χ4v) is 3.10. The Labute approximate surface area is 101 Å². The van der Waals surface area contributed by atoms with Crippen LogP contribution >= 0.6 is 11.8 Å². The molecule has 0 spiro atoms. The summed E-state index contributed by atoms with van der Waals surface area (Å²) in [5.41, 5.74) is 5.80. The maximum atomic E-state index is 2.35. The first kappa shape index (κ1) is 9.98. The van der Waals surface area contributed by atoms with Crippen LogP contribution in [0.15, 0.2) is 47.4 Å². The summed E-state index contributed by atoms with van der Waals surface area (Å²) in [4.78, 5) is 1.40. The third-order valence-electron chi connectivity index (χ3n) is 3.08. The lowest BCUT2D eigenvalue weighted by atomic mass is 10.1. The van der Waals surface area contributed by atoms with Crippen molar-refractivity contribution in [2.45, 2.75) is 18.2 Å². The van der Waals surface area contributed by atoms with Gasteiger partial charge in [-0.3, -0.25) is 0 Å². The molecule has 0 heterocycles. The summed E-state index contributed by atoms with van der Waals surface area (Å²) in [7, 11) is 0. The minimum absolute atomic E-state index is 1.10. The monoisotopic (exact) mass is 226 g/mol. The normalized spacial score (nSPS) is 12.3. The van der Waals surface area contributed by atoms with E-state index in [-0.39, 0.29) is 0 Å². The molecule has 3 rings (SSSR count). The minimum Gasteiger partial charge on any atom is -0.126 e. The first-order valence-electron chi connectivity index (χ1n) is 5.72. The van der Waals surface area contributed by atoms with E-state index in [0.717, 1.165) is 12.2 Å². The minimum atomic E-state index is 1.10. The second-order valence-corrected chi connectivity index (χ2v) is 5.42. The van der Waals surface area contributed by atoms with Crippen molar-refractivity contribution in [2.75, 3.05) is 5.75 Å². The Kier molecular flexibility index (Phi) is 2.49. The highest BCUT2D eigenvalue weighted by Gasteiger charge is 2.17. The average molecular weight is 226 g/mol. The molecule has 0 bridgehead atoms. The third kappa shape index (κ3) is 1.56. The quantitative estimate of drug-likeness (QED) is 0.585. The van der Waals surface area contributed by atoms with Crippen molar-refractivity contribution in [3.05, 3.63) is 53.6 Å². The predicted molar refractivity (Wildman–Crippen MR) is 71.1 cm³/mol. The van der Waals surface area contributed by atoms with E-state index in [1.165, 1.54) is 27.1 Å². The van der Waals surface area contributed by atoms with E-state index in [1.807, 2.05) is 11.8 Å². The Morgan fingerprint density at radius 3 is 2.69 bits per heavy atom. The number of thioether (sulfide) groups is 1. The van der Waals surface area contributed by atoms with E-state index >= 15 is 0 Å². The van der Waals surface area contributed by atoms with E-state index in [2.05, 4.69) is 49.4 Å². The van der Waals surface area contributed by atoms with E-state index in [0.29, 0.717) is 0 Å². The first-order valence-corrected chi connectivity index (χ1v) is 6.71. The summed E-state index contributed by atoms with van der Waals surface area (Å²) in [6, 6.07) is 15.6. The third-order valence-corrected chi connectivity index (χ3v) is 3.95. The molecule has 0 saturated carbocycles. The van der Waals surface area contributed by atoms with Gasteiger partial charge in [0.25, 0.3) is 0 Å². The number of benzene rings is 2. The largest absolute Gasteiger partial charge is 0.126 e. The molecule has 1 aliphatic carbocycles. The second-order valence-electron chi connectivity index (χ2n) is 4.09. The lowest BCUT2D eigenvalue weighted by Gasteiger charge is -2.03. The van der Waals surface area contributed by atoms with Crippen molar-refractivity contribution in [3.63, 3.8) is 0 Å². The Balaban J connectivity index is 2.07. The maximum absolute atomic E-state index is 2.35. The van der Waals surface area contributed by atoms with Crippen LogP contribution in [0.5, 0.6) is 0 Å². The first-order chi connectivity index (χ1) is 7.88. The summed E-state index contributed by atoms with van der Waals surface area (Å²) in [6.07, 6.45) is 1.10. The molecular weight excluding hydrogens is 212 g/mol. The van der Waals surface area contributed by atoms with Gasteiger partial charge in [0.2, 0.25) is 0 Å². The molecule has 80 valence electrons. The van der Waals surface area contributed by atoms with Crippen molar-refractivity contribution in [3.8, 4) is 11.1 Å². The van der Waals surface area contributed by atoms with Gasteiger partial charge in [-0.05, 0) is 46.6 Å². The van der Waals surface area contributed by atoms with E-state index < -0.39 is 0 Å². The van der Waals surface area contributed by atoms with E-state index in [1.54, 1.807) is 0 Å². The molecule has 2 aromatic carbocycles. The topological polar surface area (TPSA) is 0 Å². The molecule has 0 N–H and O–H groups in total. The zero-order valence-corrected chi connectivity index (χ0v) is 10.2. The molecule has 0 nitrogen and oxygen atoms in total. The van der Waals surface area contributed by atoms with Crippen LogP contribution in [0, 0.1) is 0 Å². The highest BCUT2D eigenvalue weighted by molar-refractivity contribution is 7.99.